The summed E-state index contributed by atoms with van der Waals surface area (Å²) in [6, 6.07) is 14.3. The number of benzene rings is 3. The molecule has 0 aliphatic rings. The summed E-state index contributed by atoms with van der Waals surface area (Å²) in [5, 5.41) is 2.09. The summed E-state index contributed by atoms with van der Waals surface area (Å²) >= 11 is 12.0. The fourth-order valence-corrected chi connectivity index (χ4v) is 5.10. The summed E-state index contributed by atoms with van der Waals surface area (Å²) in [5.74, 6) is -5.74. The molecule has 0 saturated carbocycles. The maximum atomic E-state index is 13.9. The Labute approximate surface area is 198 Å². The topological polar surface area (TPSA) is 66.5 Å². The van der Waals surface area contributed by atoms with Gasteiger partial charge in [0.15, 0.2) is 17.5 Å². The monoisotopic (exact) mass is 516 g/mol. The minimum atomic E-state index is -4.31. The second-order valence-corrected chi connectivity index (χ2v) is 9.67. The highest BCUT2D eigenvalue weighted by Crippen LogP contribution is 2.28. The van der Waals surface area contributed by atoms with Gasteiger partial charge in [-0.2, -0.15) is 4.31 Å². The molecule has 0 bridgehead atoms. The summed E-state index contributed by atoms with van der Waals surface area (Å²) < 4.78 is 68.0. The van der Waals surface area contributed by atoms with E-state index in [1.54, 1.807) is 30.3 Å². The van der Waals surface area contributed by atoms with Crippen LogP contribution in [0.1, 0.15) is 5.56 Å². The van der Waals surface area contributed by atoms with Crippen LogP contribution in [-0.4, -0.2) is 31.7 Å². The predicted octanol–water partition coefficient (Wildman–Crippen LogP) is 5.28. The first-order valence-corrected chi connectivity index (χ1v) is 11.7. The predicted molar refractivity (Wildman–Crippen MR) is 120 cm³/mol. The number of carbonyl (C=O) groups excluding carboxylic acids is 1. The van der Waals surface area contributed by atoms with Gasteiger partial charge >= 0.3 is 0 Å². The quantitative estimate of drug-likeness (QED) is 0.414. The Morgan fingerprint density at radius 1 is 0.939 bits per heavy atom. The van der Waals surface area contributed by atoms with Gasteiger partial charge < -0.3 is 5.32 Å². The van der Waals surface area contributed by atoms with Crippen LogP contribution in [0.4, 0.5) is 18.9 Å². The van der Waals surface area contributed by atoms with E-state index in [9.17, 15) is 26.4 Å². The van der Waals surface area contributed by atoms with Crippen molar-refractivity contribution in [3.05, 3.63) is 93.7 Å². The molecule has 3 aromatic carbocycles. The highest BCUT2D eigenvalue weighted by molar-refractivity contribution is 7.89. The van der Waals surface area contributed by atoms with Crippen molar-refractivity contribution in [2.24, 2.45) is 0 Å². The van der Waals surface area contributed by atoms with Gasteiger partial charge in [0.1, 0.15) is 4.90 Å². The van der Waals surface area contributed by atoms with Crippen molar-refractivity contribution in [2.45, 2.75) is 11.3 Å². The van der Waals surface area contributed by atoms with Crippen LogP contribution < -0.4 is 5.32 Å². The number of anilines is 1. The minimum Gasteiger partial charge on any atom is -0.322 e. The molecule has 174 valence electrons. The Hall–Kier alpha value is -2.59. The molecule has 0 aliphatic heterocycles. The second-order valence-electron chi connectivity index (χ2n) is 6.92. The third kappa shape index (κ3) is 6.05. The summed E-state index contributed by atoms with van der Waals surface area (Å²) in [6.07, 6.45) is 0.255. The molecule has 0 fully saturated rings. The zero-order valence-corrected chi connectivity index (χ0v) is 19.2. The fraction of sp³-hybridized carbons (Fsp3) is 0.136. The molecule has 3 rings (SSSR count). The summed E-state index contributed by atoms with van der Waals surface area (Å²) in [7, 11) is -4.31. The number of sulfonamides is 1. The fourth-order valence-electron chi connectivity index (χ4n) is 2.97. The lowest BCUT2D eigenvalue weighted by Gasteiger charge is -2.22. The van der Waals surface area contributed by atoms with E-state index < -0.39 is 45.6 Å². The SMILES string of the molecule is O=C(CN(CCc1ccccc1)S(=O)(=O)c1cc(Cl)ccc1Cl)Nc1ccc(F)c(F)c1F. The van der Waals surface area contributed by atoms with Crippen LogP contribution in [0, 0.1) is 17.5 Å². The number of hydrogen-bond donors (Lipinski definition) is 1. The first kappa shape index (κ1) is 25.0. The molecule has 0 spiro atoms. The lowest BCUT2D eigenvalue weighted by Crippen LogP contribution is -2.39. The van der Waals surface area contributed by atoms with Gasteiger partial charge in [-0.3, -0.25) is 4.79 Å². The minimum absolute atomic E-state index is 0.101. The van der Waals surface area contributed by atoms with Gasteiger partial charge in [-0.15, -0.1) is 0 Å². The van der Waals surface area contributed by atoms with Crippen molar-refractivity contribution in [1.82, 2.24) is 4.31 Å². The van der Waals surface area contributed by atoms with Crippen molar-refractivity contribution in [1.29, 1.82) is 0 Å². The number of nitrogens with zero attached hydrogens (tertiary/aromatic N) is 1. The van der Waals surface area contributed by atoms with Crippen LogP contribution in [0.2, 0.25) is 10.0 Å². The van der Waals surface area contributed by atoms with Crippen molar-refractivity contribution in [3.8, 4) is 0 Å². The van der Waals surface area contributed by atoms with Crippen molar-refractivity contribution >= 4 is 44.8 Å². The first-order chi connectivity index (χ1) is 15.6. The molecule has 5 nitrogen and oxygen atoms in total. The van der Waals surface area contributed by atoms with Crippen LogP contribution in [-0.2, 0) is 21.2 Å². The summed E-state index contributed by atoms with van der Waals surface area (Å²) in [4.78, 5) is 12.2. The number of carbonyl (C=O) groups is 1. The maximum Gasteiger partial charge on any atom is 0.245 e. The average molecular weight is 517 g/mol. The van der Waals surface area contributed by atoms with E-state index >= 15 is 0 Å². The van der Waals surface area contributed by atoms with Gasteiger partial charge in [-0.25, -0.2) is 21.6 Å². The zero-order chi connectivity index (χ0) is 24.2. The third-order valence-corrected chi connectivity index (χ3v) is 7.19. The molecule has 3 aromatic rings. The molecular formula is C22H17Cl2F3N2O3S. The van der Waals surface area contributed by atoms with Crippen molar-refractivity contribution in [3.63, 3.8) is 0 Å². The van der Waals surface area contributed by atoms with Crippen LogP contribution in [0.5, 0.6) is 0 Å². The number of nitrogens with one attached hydrogen (secondary N) is 1. The van der Waals surface area contributed by atoms with Crippen LogP contribution >= 0.6 is 23.2 Å². The molecule has 0 unspecified atom stereocenters. The van der Waals surface area contributed by atoms with Gasteiger partial charge in [0, 0.05) is 11.6 Å². The van der Waals surface area contributed by atoms with Gasteiger partial charge in [-0.1, -0.05) is 53.5 Å². The molecule has 0 aliphatic carbocycles. The van der Waals surface area contributed by atoms with Crippen LogP contribution in [0.15, 0.2) is 65.6 Å². The van der Waals surface area contributed by atoms with Crippen molar-refractivity contribution in [2.75, 3.05) is 18.4 Å². The Balaban J connectivity index is 1.89. The normalized spacial score (nSPS) is 11.6. The van der Waals surface area contributed by atoms with Gasteiger partial charge in [0.05, 0.1) is 17.3 Å². The number of amides is 1. The Kier molecular flexibility index (Phi) is 8.01. The molecule has 0 radical (unpaired) electrons. The number of hydrogen-bond acceptors (Lipinski definition) is 3. The molecule has 0 saturated heterocycles. The zero-order valence-electron chi connectivity index (χ0n) is 16.9. The highest BCUT2D eigenvalue weighted by Gasteiger charge is 2.29. The van der Waals surface area contributed by atoms with E-state index in [0.717, 1.165) is 22.0 Å². The highest BCUT2D eigenvalue weighted by atomic mass is 35.5. The maximum absolute atomic E-state index is 13.9. The van der Waals surface area contributed by atoms with E-state index in [-0.39, 0.29) is 27.9 Å². The summed E-state index contributed by atoms with van der Waals surface area (Å²) in [6.45, 7) is -0.862. The molecule has 0 aromatic heterocycles. The summed E-state index contributed by atoms with van der Waals surface area (Å²) in [5.41, 5.74) is 0.182. The first-order valence-electron chi connectivity index (χ1n) is 9.52. The molecule has 11 heteroatoms. The Bertz CT molecular complexity index is 1280. The Morgan fingerprint density at radius 3 is 2.33 bits per heavy atom. The Morgan fingerprint density at radius 2 is 1.64 bits per heavy atom. The van der Waals surface area contributed by atoms with E-state index in [1.807, 2.05) is 0 Å². The average Bonchev–Trinajstić information content (AvgIpc) is 2.79. The van der Waals surface area contributed by atoms with Gasteiger partial charge in [0.2, 0.25) is 15.9 Å². The van der Waals surface area contributed by atoms with Gasteiger partial charge in [0.25, 0.3) is 0 Å². The lowest BCUT2D eigenvalue weighted by molar-refractivity contribution is -0.116. The smallest absolute Gasteiger partial charge is 0.245 e. The van der Waals surface area contributed by atoms with Gasteiger partial charge in [-0.05, 0) is 42.3 Å². The van der Waals surface area contributed by atoms with E-state index in [0.29, 0.717) is 6.07 Å². The molecular weight excluding hydrogens is 500 g/mol. The van der Waals surface area contributed by atoms with E-state index in [2.05, 4.69) is 5.32 Å². The standard InChI is InChI=1S/C22H17Cl2F3N2O3S/c23-15-6-7-16(24)19(12-15)33(31,32)29(11-10-14-4-2-1-3-5-14)13-20(30)28-18-9-8-17(25)21(26)22(18)27/h1-9,12H,10-11,13H2,(H,28,30). The number of rotatable bonds is 8. The molecule has 33 heavy (non-hydrogen) atoms. The van der Waals surface area contributed by atoms with Crippen LogP contribution in [0.25, 0.3) is 0 Å². The molecule has 0 heterocycles. The third-order valence-electron chi connectivity index (χ3n) is 4.63. The van der Waals surface area contributed by atoms with Crippen LogP contribution in [0.3, 0.4) is 0 Å². The molecule has 1 N–H and O–H groups in total. The van der Waals surface area contributed by atoms with E-state index in [1.165, 1.54) is 12.1 Å². The largest absolute Gasteiger partial charge is 0.322 e. The second kappa shape index (κ2) is 10.6. The number of halogens is 5. The van der Waals surface area contributed by atoms with Crippen molar-refractivity contribution < 1.29 is 26.4 Å². The van der Waals surface area contributed by atoms with E-state index in [4.69, 9.17) is 23.2 Å². The molecule has 1 amide bonds. The lowest BCUT2D eigenvalue weighted by atomic mass is 10.1. The molecule has 0 atom stereocenters.